The van der Waals surface area contributed by atoms with Crippen LogP contribution in [0.1, 0.15) is 17.3 Å². The van der Waals surface area contributed by atoms with Gasteiger partial charge in [-0.2, -0.15) is 0 Å². The zero-order valence-corrected chi connectivity index (χ0v) is 13.7. The molecular formula is C16H16N6O3. The number of methoxy groups -OCH3 is 1. The molecule has 128 valence electrons. The lowest BCUT2D eigenvalue weighted by Crippen LogP contribution is -2.21. The Labute approximate surface area is 142 Å². The maximum absolute atomic E-state index is 12.4. The Morgan fingerprint density at radius 1 is 1.28 bits per heavy atom. The first kappa shape index (κ1) is 16.4. The third-order valence-corrected chi connectivity index (χ3v) is 3.60. The first-order valence-electron chi connectivity index (χ1n) is 7.55. The number of aryl methyl sites for hydroxylation is 1. The molecule has 0 fully saturated rings. The summed E-state index contributed by atoms with van der Waals surface area (Å²) in [6, 6.07) is 8.00. The maximum Gasteiger partial charge on any atom is 0.255 e. The molecule has 1 amide bonds. The average Bonchev–Trinajstić information content (AvgIpc) is 3.16. The van der Waals surface area contributed by atoms with Crippen LogP contribution in [0.15, 0.2) is 47.7 Å². The largest absolute Gasteiger partial charge is 0.497 e. The first-order chi connectivity index (χ1) is 12.1. The van der Waals surface area contributed by atoms with Gasteiger partial charge >= 0.3 is 0 Å². The Morgan fingerprint density at radius 2 is 2.12 bits per heavy atom. The van der Waals surface area contributed by atoms with Crippen LogP contribution in [-0.2, 0) is 6.54 Å². The normalized spacial score (nSPS) is 10.5. The Hall–Kier alpha value is -3.49. The molecule has 9 nitrogen and oxygen atoms in total. The second-order valence-corrected chi connectivity index (χ2v) is 5.17. The van der Waals surface area contributed by atoms with Crippen LogP contribution in [0.2, 0.25) is 0 Å². The molecule has 9 heteroatoms. The Bertz CT molecular complexity index is 949. The number of ether oxygens (including phenoxy) is 1. The fraction of sp³-hybridized carbons (Fsp3) is 0.188. The van der Waals surface area contributed by atoms with Gasteiger partial charge in [-0.1, -0.05) is 0 Å². The number of hydrogen-bond acceptors (Lipinski definition) is 6. The van der Waals surface area contributed by atoms with Crippen LogP contribution in [0.3, 0.4) is 0 Å². The van der Waals surface area contributed by atoms with Crippen molar-refractivity contribution in [2.45, 2.75) is 13.5 Å². The lowest BCUT2D eigenvalue weighted by atomic mass is 10.2. The van der Waals surface area contributed by atoms with E-state index in [4.69, 9.17) is 4.74 Å². The van der Waals surface area contributed by atoms with Gasteiger partial charge in [-0.05, 0) is 29.5 Å². The van der Waals surface area contributed by atoms with Crippen molar-refractivity contribution in [3.05, 3.63) is 58.8 Å². The number of hydrogen-bond donors (Lipinski definition) is 1. The number of aromatic nitrogens is 5. The van der Waals surface area contributed by atoms with Crippen molar-refractivity contribution in [1.82, 2.24) is 24.8 Å². The predicted molar refractivity (Wildman–Crippen MR) is 90.0 cm³/mol. The van der Waals surface area contributed by atoms with E-state index in [0.717, 1.165) is 0 Å². The van der Waals surface area contributed by atoms with Crippen molar-refractivity contribution in [3.63, 3.8) is 0 Å². The van der Waals surface area contributed by atoms with E-state index in [1.807, 2.05) is 6.92 Å². The summed E-state index contributed by atoms with van der Waals surface area (Å²) in [5.74, 6) is 0.140. The summed E-state index contributed by atoms with van der Waals surface area (Å²) in [6.45, 7) is 2.41. The van der Waals surface area contributed by atoms with Crippen LogP contribution in [0.25, 0.3) is 5.69 Å². The van der Waals surface area contributed by atoms with Crippen LogP contribution in [0.5, 0.6) is 5.75 Å². The molecule has 1 N–H and O–H groups in total. The standard InChI is InChI=1S/C16H16N6O3/c1-3-21-5-4-11(6-15(21)23)16(24)18-12-7-13(9-14(8-12)25-2)22-10-17-19-20-22/h4-10H,3H2,1-2H3,(H,18,24). The van der Waals surface area contributed by atoms with E-state index < -0.39 is 5.91 Å². The van der Waals surface area contributed by atoms with E-state index in [0.29, 0.717) is 23.7 Å². The van der Waals surface area contributed by atoms with Gasteiger partial charge in [-0.15, -0.1) is 5.10 Å². The maximum atomic E-state index is 12.4. The molecule has 0 atom stereocenters. The van der Waals surface area contributed by atoms with Crippen LogP contribution in [0.4, 0.5) is 5.69 Å². The highest BCUT2D eigenvalue weighted by atomic mass is 16.5. The number of carbonyl (C=O) groups is 1. The molecule has 2 aromatic heterocycles. The highest BCUT2D eigenvalue weighted by molar-refractivity contribution is 6.04. The van der Waals surface area contributed by atoms with Gasteiger partial charge in [0.1, 0.15) is 12.1 Å². The number of amides is 1. The molecule has 0 saturated carbocycles. The molecule has 0 radical (unpaired) electrons. The second-order valence-electron chi connectivity index (χ2n) is 5.17. The molecule has 3 aromatic rings. The van der Waals surface area contributed by atoms with Gasteiger partial charge in [0.2, 0.25) is 0 Å². The number of nitrogens with zero attached hydrogens (tertiary/aromatic N) is 5. The van der Waals surface area contributed by atoms with Crippen LogP contribution in [0, 0.1) is 0 Å². The van der Waals surface area contributed by atoms with Gasteiger partial charge in [-0.25, -0.2) is 4.68 Å². The average molecular weight is 340 g/mol. The highest BCUT2D eigenvalue weighted by Crippen LogP contribution is 2.23. The fourth-order valence-electron chi connectivity index (χ4n) is 2.30. The van der Waals surface area contributed by atoms with E-state index in [1.165, 1.54) is 28.8 Å². The molecule has 1 aromatic carbocycles. The van der Waals surface area contributed by atoms with Gasteiger partial charge in [0.15, 0.2) is 0 Å². The topological polar surface area (TPSA) is 104 Å². The quantitative estimate of drug-likeness (QED) is 0.746. The van der Waals surface area contributed by atoms with Crippen molar-refractivity contribution in [2.24, 2.45) is 0 Å². The van der Waals surface area contributed by atoms with E-state index >= 15 is 0 Å². The molecule has 0 saturated heterocycles. The van der Waals surface area contributed by atoms with E-state index in [2.05, 4.69) is 20.8 Å². The molecule has 0 aliphatic carbocycles. The Kier molecular flexibility index (Phi) is 4.55. The minimum absolute atomic E-state index is 0.227. The van der Waals surface area contributed by atoms with Gasteiger partial charge in [0.05, 0.1) is 12.8 Å². The van der Waals surface area contributed by atoms with Crippen molar-refractivity contribution < 1.29 is 9.53 Å². The minimum Gasteiger partial charge on any atom is -0.497 e. The van der Waals surface area contributed by atoms with E-state index in [-0.39, 0.29) is 11.1 Å². The van der Waals surface area contributed by atoms with Crippen molar-refractivity contribution in [3.8, 4) is 11.4 Å². The van der Waals surface area contributed by atoms with Crippen LogP contribution in [-0.4, -0.2) is 37.8 Å². The first-order valence-corrected chi connectivity index (χ1v) is 7.55. The third kappa shape index (κ3) is 3.55. The van der Waals surface area contributed by atoms with Gasteiger partial charge in [-0.3, -0.25) is 9.59 Å². The molecular weight excluding hydrogens is 324 g/mol. The predicted octanol–water partition coefficient (Wildman–Crippen LogP) is 1.10. The number of rotatable bonds is 5. The molecule has 3 rings (SSSR count). The molecule has 0 aliphatic rings. The minimum atomic E-state index is -0.392. The highest BCUT2D eigenvalue weighted by Gasteiger charge is 2.10. The number of tetrazole rings is 1. The number of nitrogens with one attached hydrogen (secondary N) is 1. The van der Waals surface area contributed by atoms with Gasteiger partial charge in [0.25, 0.3) is 11.5 Å². The second kappa shape index (κ2) is 6.95. The van der Waals surface area contributed by atoms with Crippen LogP contribution < -0.4 is 15.6 Å². The van der Waals surface area contributed by atoms with E-state index in [9.17, 15) is 9.59 Å². The van der Waals surface area contributed by atoms with Gasteiger partial charge < -0.3 is 14.6 Å². The van der Waals surface area contributed by atoms with Crippen molar-refractivity contribution in [2.75, 3.05) is 12.4 Å². The molecule has 2 heterocycles. The third-order valence-electron chi connectivity index (χ3n) is 3.60. The molecule has 0 spiro atoms. The number of benzene rings is 1. The molecule has 0 aliphatic heterocycles. The lowest BCUT2D eigenvalue weighted by molar-refractivity contribution is 0.102. The van der Waals surface area contributed by atoms with Crippen LogP contribution >= 0.6 is 0 Å². The summed E-state index contributed by atoms with van der Waals surface area (Å²) in [6.07, 6.45) is 3.03. The Morgan fingerprint density at radius 3 is 2.76 bits per heavy atom. The molecule has 0 bridgehead atoms. The number of pyridine rings is 1. The monoisotopic (exact) mass is 340 g/mol. The summed E-state index contributed by atoms with van der Waals surface area (Å²) >= 11 is 0. The number of carbonyl (C=O) groups excluding carboxylic acids is 1. The zero-order chi connectivity index (χ0) is 17.8. The summed E-state index contributed by atoms with van der Waals surface area (Å²) in [5, 5.41) is 13.7. The van der Waals surface area contributed by atoms with Crippen molar-refractivity contribution >= 4 is 11.6 Å². The lowest BCUT2D eigenvalue weighted by Gasteiger charge is -2.10. The van der Waals surface area contributed by atoms with E-state index in [1.54, 1.807) is 30.5 Å². The molecule has 0 unspecified atom stereocenters. The summed E-state index contributed by atoms with van der Waals surface area (Å²) in [4.78, 5) is 24.3. The summed E-state index contributed by atoms with van der Waals surface area (Å²) in [7, 11) is 1.52. The van der Waals surface area contributed by atoms with Gasteiger partial charge in [0, 0.05) is 42.2 Å². The summed E-state index contributed by atoms with van der Waals surface area (Å²) < 4.78 is 8.20. The zero-order valence-electron chi connectivity index (χ0n) is 13.7. The fourth-order valence-corrected chi connectivity index (χ4v) is 2.30. The number of anilines is 1. The molecule has 25 heavy (non-hydrogen) atoms. The Balaban J connectivity index is 1.89. The SMILES string of the molecule is CCn1ccc(C(=O)Nc2cc(OC)cc(-n3cnnn3)c2)cc1=O. The smallest absolute Gasteiger partial charge is 0.255 e. The summed E-state index contributed by atoms with van der Waals surface area (Å²) in [5.41, 5.74) is 1.17. The van der Waals surface area contributed by atoms with Crippen molar-refractivity contribution in [1.29, 1.82) is 0 Å².